The highest BCUT2D eigenvalue weighted by molar-refractivity contribution is 6.17. The molecular weight excluding hydrogens is 374 g/mol. The van der Waals surface area contributed by atoms with Gasteiger partial charge in [0, 0.05) is 16.3 Å². The number of hydrogen-bond donors (Lipinski definition) is 1. The van der Waals surface area contributed by atoms with Crippen LogP contribution in [0.15, 0.2) is 84.9 Å². The molecule has 0 saturated heterocycles. The van der Waals surface area contributed by atoms with Gasteiger partial charge in [0.25, 0.3) is 0 Å². The first kappa shape index (κ1) is 18.2. The summed E-state index contributed by atoms with van der Waals surface area (Å²) in [5, 5.41) is 2.69. The topological polar surface area (TPSA) is 15.8 Å². The van der Waals surface area contributed by atoms with Crippen LogP contribution in [0.2, 0.25) is 0 Å². The minimum Gasteiger partial charge on any atom is -0.354 e. The van der Waals surface area contributed by atoms with Crippen LogP contribution in [-0.4, -0.2) is 4.98 Å². The molecule has 1 aliphatic rings. The standard InChI is InChI=1S/C30H25N/c1-20-27-23(19-21-11-4-2-5-12-21)15-10-17-25(27)28(22-13-6-3-7-14-22)29-24-16-8-9-18-26(24)31-30(20)29/h2-9,11-14,16,18-19,31H,10,15,17H2,1H3/b23-19+. The van der Waals surface area contributed by atoms with E-state index in [-0.39, 0.29) is 0 Å². The molecule has 1 aromatic heterocycles. The molecule has 31 heavy (non-hydrogen) atoms. The van der Waals surface area contributed by atoms with Gasteiger partial charge < -0.3 is 4.98 Å². The summed E-state index contributed by atoms with van der Waals surface area (Å²) in [6.45, 7) is 2.30. The largest absolute Gasteiger partial charge is 0.354 e. The van der Waals surface area contributed by atoms with Crippen LogP contribution in [0, 0.1) is 6.92 Å². The smallest absolute Gasteiger partial charge is 0.0507 e. The molecule has 0 amide bonds. The molecule has 0 radical (unpaired) electrons. The average molecular weight is 400 g/mol. The van der Waals surface area contributed by atoms with Gasteiger partial charge in [0.15, 0.2) is 0 Å². The highest BCUT2D eigenvalue weighted by Gasteiger charge is 2.25. The molecule has 1 aliphatic carbocycles. The molecule has 1 heteroatoms. The number of fused-ring (bicyclic) bond motifs is 4. The Labute approximate surface area is 183 Å². The molecule has 1 N–H and O–H groups in total. The van der Waals surface area contributed by atoms with Crippen molar-refractivity contribution in [3.8, 4) is 11.1 Å². The lowest BCUT2D eigenvalue weighted by atomic mass is 9.78. The summed E-state index contributed by atoms with van der Waals surface area (Å²) in [7, 11) is 0. The number of hydrogen-bond acceptors (Lipinski definition) is 0. The Morgan fingerprint density at radius 3 is 2.26 bits per heavy atom. The van der Waals surface area contributed by atoms with Crippen LogP contribution < -0.4 is 0 Å². The van der Waals surface area contributed by atoms with Gasteiger partial charge in [-0.2, -0.15) is 0 Å². The minimum absolute atomic E-state index is 1.13. The van der Waals surface area contributed by atoms with Crippen LogP contribution >= 0.6 is 0 Å². The molecule has 150 valence electrons. The summed E-state index contributed by atoms with van der Waals surface area (Å²) in [5.41, 5.74) is 12.3. The number of allylic oxidation sites excluding steroid dienone is 1. The van der Waals surface area contributed by atoms with Crippen molar-refractivity contribution in [2.75, 3.05) is 0 Å². The fourth-order valence-corrected chi connectivity index (χ4v) is 5.39. The fourth-order valence-electron chi connectivity index (χ4n) is 5.39. The monoisotopic (exact) mass is 399 g/mol. The van der Waals surface area contributed by atoms with E-state index in [4.69, 9.17) is 0 Å². The molecule has 1 heterocycles. The van der Waals surface area contributed by atoms with Crippen LogP contribution in [0.5, 0.6) is 0 Å². The Morgan fingerprint density at radius 2 is 1.45 bits per heavy atom. The van der Waals surface area contributed by atoms with Crippen LogP contribution in [0.4, 0.5) is 0 Å². The van der Waals surface area contributed by atoms with Crippen LogP contribution in [0.1, 0.15) is 35.1 Å². The predicted molar refractivity (Wildman–Crippen MR) is 133 cm³/mol. The van der Waals surface area contributed by atoms with E-state index in [1.165, 1.54) is 67.2 Å². The van der Waals surface area contributed by atoms with Crippen LogP contribution in [-0.2, 0) is 6.42 Å². The molecule has 0 atom stereocenters. The number of para-hydroxylation sites is 1. The zero-order valence-corrected chi connectivity index (χ0v) is 17.8. The van der Waals surface area contributed by atoms with Gasteiger partial charge in [-0.15, -0.1) is 0 Å². The molecule has 5 aromatic rings. The summed E-state index contributed by atoms with van der Waals surface area (Å²) >= 11 is 0. The third-order valence-corrected chi connectivity index (χ3v) is 6.71. The number of nitrogens with one attached hydrogen (secondary N) is 1. The van der Waals surface area contributed by atoms with Crippen molar-refractivity contribution in [3.05, 3.63) is 107 Å². The summed E-state index contributed by atoms with van der Waals surface area (Å²) in [5.74, 6) is 0. The van der Waals surface area contributed by atoms with Gasteiger partial charge >= 0.3 is 0 Å². The third-order valence-electron chi connectivity index (χ3n) is 6.71. The van der Waals surface area contributed by atoms with Crippen LogP contribution in [0.25, 0.3) is 44.6 Å². The first-order valence-corrected chi connectivity index (χ1v) is 11.2. The van der Waals surface area contributed by atoms with E-state index in [1.807, 2.05) is 0 Å². The van der Waals surface area contributed by atoms with E-state index in [1.54, 1.807) is 0 Å². The SMILES string of the molecule is Cc1c2c(c(-c3ccccc3)c3c1[nH]c1ccccc13)CCC/C2=C\c1ccccc1. The molecule has 0 unspecified atom stereocenters. The molecule has 0 bridgehead atoms. The van der Waals surface area contributed by atoms with E-state index in [0.717, 1.165) is 12.8 Å². The van der Waals surface area contributed by atoms with E-state index < -0.39 is 0 Å². The molecule has 0 fully saturated rings. The van der Waals surface area contributed by atoms with E-state index >= 15 is 0 Å². The maximum atomic E-state index is 3.76. The fraction of sp³-hybridized carbons (Fsp3) is 0.133. The summed E-state index contributed by atoms with van der Waals surface area (Å²) in [6.07, 6.45) is 5.84. The number of H-pyrrole nitrogens is 1. The summed E-state index contributed by atoms with van der Waals surface area (Å²) in [6, 6.07) is 30.4. The first-order valence-electron chi connectivity index (χ1n) is 11.2. The van der Waals surface area contributed by atoms with E-state index in [0.29, 0.717) is 0 Å². The number of aromatic amines is 1. The maximum absolute atomic E-state index is 3.76. The Balaban J connectivity index is 1.75. The quantitative estimate of drug-likeness (QED) is 0.308. The third kappa shape index (κ3) is 2.92. The lowest BCUT2D eigenvalue weighted by molar-refractivity contribution is 0.825. The second-order valence-electron chi connectivity index (χ2n) is 8.57. The Morgan fingerprint density at radius 1 is 0.742 bits per heavy atom. The number of aryl methyl sites for hydroxylation is 1. The van der Waals surface area contributed by atoms with Gasteiger partial charge in [-0.1, -0.05) is 84.9 Å². The lowest BCUT2D eigenvalue weighted by Crippen LogP contribution is -2.07. The molecule has 6 rings (SSSR count). The second-order valence-corrected chi connectivity index (χ2v) is 8.57. The Hall–Kier alpha value is -3.58. The molecule has 0 saturated carbocycles. The summed E-state index contributed by atoms with van der Waals surface area (Å²) in [4.78, 5) is 3.76. The second kappa shape index (κ2) is 7.28. The Bertz CT molecular complexity index is 1440. The predicted octanol–water partition coefficient (Wildman–Crippen LogP) is 8.17. The van der Waals surface area contributed by atoms with Gasteiger partial charge in [0.05, 0.1) is 5.52 Å². The van der Waals surface area contributed by atoms with E-state index in [9.17, 15) is 0 Å². The Kier molecular flexibility index (Phi) is 4.28. The average Bonchev–Trinajstić information content (AvgIpc) is 3.21. The first-order chi connectivity index (χ1) is 15.3. The van der Waals surface area contributed by atoms with Gasteiger partial charge in [0.1, 0.15) is 0 Å². The molecule has 1 nitrogen and oxygen atoms in total. The van der Waals surface area contributed by atoms with Crippen molar-refractivity contribution >= 4 is 33.5 Å². The number of rotatable bonds is 2. The highest BCUT2D eigenvalue weighted by atomic mass is 14.7. The molecule has 0 aliphatic heterocycles. The maximum Gasteiger partial charge on any atom is 0.0507 e. The van der Waals surface area contributed by atoms with Crippen molar-refractivity contribution in [1.82, 2.24) is 4.98 Å². The van der Waals surface area contributed by atoms with Gasteiger partial charge in [-0.05, 0) is 71.2 Å². The lowest BCUT2D eigenvalue weighted by Gasteiger charge is -2.26. The molecule has 4 aromatic carbocycles. The van der Waals surface area contributed by atoms with Crippen molar-refractivity contribution in [1.29, 1.82) is 0 Å². The van der Waals surface area contributed by atoms with Gasteiger partial charge in [-0.25, -0.2) is 0 Å². The van der Waals surface area contributed by atoms with Crippen LogP contribution in [0.3, 0.4) is 0 Å². The molecular formula is C30H25N. The number of benzene rings is 4. The van der Waals surface area contributed by atoms with Gasteiger partial charge in [-0.3, -0.25) is 0 Å². The number of aromatic nitrogens is 1. The van der Waals surface area contributed by atoms with Crippen molar-refractivity contribution in [2.45, 2.75) is 26.2 Å². The van der Waals surface area contributed by atoms with Crippen molar-refractivity contribution < 1.29 is 0 Å². The van der Waals surface area contributed by atoms with Crippen molar-refractivity contribution in [3.63, 3.8) is 0 Å². The van der Waals surface area contributed by atoms with Crippen molar-refractivity contribution in [2.24, 2.45) is 0 Å². The zero-order chi connectivity index (χ0) is 20.8. The normalized spacial score (nSPS) is 14.9. The van der Waals surface area contributed by atoms with Gasteiger partial charge in [0.2, 0.25) is 0 Å². The zero-order valence-electron chi connectivity index (χ0n) is 17.8. The highest BCUT2D eigenvalue weighted by Crippen LogP contribution is 2.46. The summed E-state index contributed by atoms with van der Waals surface area (Å²) < 4.78 is 0. The molecule has 0 spiro atoms. The van der Waals surface area contributed by atoms with E-state index in [2.05, 4.69) is 103 Å². The minimum atomic E-state index is 1.13.